The van der Waals surface area contributed by atoms with E-state index >= 15 is 0 Å². The molecule has 56 valence electrons. The molecule has 0 aliphatic carbocycles. The largest absolute Gasteiger partial charge is 0.329 e. The quantitative estimate of drug-likeness (QED) is 0.499. The molecule has 1 atom stereocenters. The Balaban J connectivity index is 3.88. The van der Waals surface area contributed by atoms with Crippen LogP contribution in [0.4, 0.5) is 0 Å². The second-order valence-corrected chi connectivity index (χ2v) is 4.10. The summed E-state index contributed by atoms with van der Waals surface area (Å²) >= 11 is 0. The first kappa shape index (κ1) is 8.96. The molecule has 0 amide bonds. The third-order valence-corrected chi connectivity index (χ3v) is 2.19. The predicted octanol–water partition coefficient (Wildman–Crippen LogP) is 1.74. The summed E-state index contributed by atoms with van der Waals surface area (Å²) in [6.45, 7) is 6.84. The maximum Gasteiger partial charge on any atom is 0.0878 e. The average molecular weight is 130 g/mol. The molecule has 0 aliphatic heterocycles. The second kappa shape index (κ2) is 2.70. The van der Waals surface area contributed by atoms with Crippen molar-refractivity contribution in [3.05, 3.63) is 0 Å². The first-order valence-electron chi connectivity index (χ1n) is 3.67. The number of hydrogen-bond donors (Lipinski definition) is 0. The van der Waals surface area contributed by atoms with Gasteiger partial charge in [-0.15, -0.1) is 0 Å². The summed E-state index contributed by atoms with van der Waals surface area (Å²) < 4.78 is 1.07. The van der Waals surface area contributed by atoms with Crippen LogP contribution in [0.2, 0.25) is 0 Å². The smallest absolute Gasteiger partial charge is 0.0878 e. The van der Waals surface area contributed by atoms with Gasteiger partial charge in [0.1, 0.15) is 0 Å². The van der Waals surface area contributed by atoms with Crippen LogP contribution in [0.3, 0.4) is 0 Å². The number of quaternary nitrogens is 1. The van der Waals surface area contributed by atoms with Gasteiger partial charge in [-0.25, -0.2) is 0 Å². The van der Waals surface area contributed by atoms with Gasteiger partial charge in [0.25, 0.3) is 0 Å². The van der Waals surface area contributed by atoms with Gasteiger partial charge in [0, 0.05) is 5.92 Å². The van der Waals surface area contributed by atoms with Crippen LogP contribution >= 0.6 is 0 Å². The summed E-state index contributed by atoms with van der Waals surface area (Å²) in [6.07, 6.45) is 0. The third kappa shape index (κ3) is 2.85. The topological polar surface area (TPSA) is 0 Å². The fourth-order valence-corrected chi connectivity index (χ4v) is 0.894. The molecule has 1 nitrogen and oxygen atoms in total. The lowest BCUT2D eigenvalue weighted by Crippen LogP contribution is -2.45. The van der Waals surface area contributed by atoms with E-state index in [9.17, 15) is 0 Å². The second-order valence-electron chi connectivity index (χ2n) is 4.10. The Labute approximate surface area is 59.3 Å². The van der Waals surface area contributed by atoms with Crippen LogP contribution in [0.25, 0.3) is 0 Å². The lowest BCUT2D eigenvalue weighted by atomic mass is 10.0. The zero-order valence-electron chi connectivity index (χ0n) is 7.60. The minimum Gasteiger partial charge on any atom is -0.329 e. The van der Waals surface area contributed by atoms with Crippen LogP contribution in [-0.4, -0.2) is 31.7 Å². The number of hydrogen-bond acceptors (Lipinski definition) is 0. The van der Waals surface area contributed by atoms with Gasteiger partial charge < -0.3 is 4.48 Å². The van der Waals surface area contributed by atoms with Crippen molar-refractivity contribution in [1.82, 2.24) is 0 Å². The van der Waals surface area contributed by atoms with Crippen molar-refractivity contribution in [2.75, 3.05) is 21.1 Å². The normalized spacial score (nSPS) is 16.3. The van der Waals surface area contributed by atoms with Crippen LogP contribution in [0, 0.1) is 5.92 Å². The Morgan fingerprint density at radius 3 is 1.22 bits per heavy atom. The first-order valence-corrected chi connectivity index (χ1v) is 3.67. The van der Waals surface area contributed by atoms with Gasteiger partial charge in [-0.05, 0) is 6.92 Å². The molecule has 0 saturated heterocycles. The van der Waals surface area contributed by atoms with Crippen molar-refractivity contribution in [2.45, 2.75) is 26.8 Å². The van der Waals surface area contributed by atoms with E-state index in [1.54, 1.807) is 0 Å². The molecule has 0 aliphatic rings. The lowest BCUT2D eigenvalue weighted by molar-refractivity contribution is -0.897. The molecule has 0 radical (unpaired) electrons. The van der Waals surface area contributed by atoms with Crippen molar-refractivity contribution >= 4 is 0 Å². The van der Waals surface area contributed by atoms with Crippen molar-refractivity contribution < 1.29 is 4.48 Å². The summed E-state index contributed by atoms with van der Waals surface area (Å²) in [5.74, 6) is 0.782. The number of rotatable bonds is 2. The highest BCUT2D eigenvalue weighted by Crippen LogP contribution is 2.11. The van der Waals surface area contributed by atoms with E-state index in [0.717, 1.165) is 16.4 Å². The van der Waals surface area contributed by atoms with E-state index in [1.807, 2.05) is 0 Å². The Morgan fingerprint density at radius 1 is 0.889 bits per heavy atom. The molecule has 0 unspecified atom stereocenters. The van der Waals surface area contributed by atoms with E-state index in [1.165, 1.54) is 0 Å². The van der Waals surface area contributed by atoms with E-state index in [2.05, 4.69) is 41.9 Å². The number of nitrogens with zero attached hydrogens (tertiary/aromatic N) is 1. The molecule has 1 heteroatoms. The van der Waals surface area contributed by atoms with Crippen LogP contribution in [-0.2, 0) is 0 Å². The standard InChI is InChI=1S/C8H20N/c1-7(2)8(3)9(4,5)6/h7-8H,1-6H3/q+1/t8-/m0/s1. The van der Waals surface area contributed by atoms with Crippen LogP contribution in [0.1, 0.15) is 20.8 Å². The van der Waals surface area contributed by atoms with Gasteiger partial charge in [0.2, 0.25) is 0 Å². The first-order chi connectivity index (χ1) is 3.85. The summed E-state index contributed by atoms with van der Waals surface area (Å²) in [5, 5.41) is 0. The Hall–Kier alpha value is -0.0400. The molecule has 0 N–H and O–H groups in total. The Bertz CT molecular complexity index is 79.1. The summed E-state index contributed by atoms with van der Waals surface area (Å²) in [5.41, 5.74) is 0. The van der Waals surface area contributed by atoms with E-state index in [0.29, 0.717) is 0 Å². The molecule has 0 saturated carbocycles. The third-order valence-electron chi connectivity index (χ3n) is 2.19. The molecular formula is C8H20N+. The molecular weight excluding hydrogens is 110 g/mol. The maximum absolute atomic E-state index is 2.30. The van der Waals surface area contributed by atoms with Crippen molar-refractivity contribution in [2.24, 2.45) is 5.92 Å². The fraction of sp³-hybridized carbons (Fsp3) is 1.00. The summed E-state index contributed by atoms with van der Waals surface area (Å²) in [7, 11) is 6.72. The SMILES string of the molecule is CC(C)[C@H](C)[N+](C)(C)C. The molecule has 0 heterocycles. The van der Waals surface area contributed by atoms with Crippen molar-refractivity contribution in [3.63, 3.8) is 0 Å². The minimum absolute atomic E-state index is 0.755. The fourth-order valence-electron chi connectivity index (χ4n) is 0.894. The molecule has 0 fully saturated rings. The van der Waals surface area contributed by atoms with E-state index in [-0.39, 0.29) is 0 Å². The highest BCUT2D eigenvalue weighted by atomic mass is 15.3. The van der Waals surface area contributed by atoms with E-state index in [4.69, 9.17) is 0 Å². The monoisotopic (exact) mass is 130 g/mol. The van der Waals surface area contributed by atoms with Gasteiger partial charge in [-0.3, -0.25) is 0 Å². The summed E-state index contributed by atoms with van der Waals surface area (Å²) in [6, 6.07) is 0.755. The van der Waals surface area contributed by atoms with Crippen LogP contribution in [0.5, 0.6) is 0 Å². The molecule has 0 aromatic carbocycles. The molecule has 0 aromatic heterocycles. The van der Waals surface area contributed by atoms with Gasteiger partial charge in [0.15, 0.2) is 0 Å². The minimum atomic E-state index is 0.755. The zero-order valence-corrected chi connectivity index (χ0v) is 7.60. The van der Waals surface area contributed by atoms with Gasteiger partial charge in [0.05, 0.1) is 27.2 Å². The van der Waals surface area contributed by atoms with Crippen molar-refractivity contribution in [1.29, 1.82) is 0 Å². The zero-order chi connectivity index (χ0) is 7.65. The Morgan fingerprint density at radius 2 is 1.22 bits per heavy atom. The highest BCUT2D eigenvalue weighted by molar-refractivity contribution is 4.53. The predicted molar refractivity (Wildman–Crippen MR) is 42.3 cm³/mol. The average Bonchev–Trinajstić information content (AvgIpc) is 1.62. The molecule has 0 rings (SSSR count). The molecule has 0 spiro atoms. The lowest BCUT2D eigenvalue weighted by Gasteiger charge is -2.34. The summed E-state index contributed by atoms with van der Waals surface area (Å²) in [4.78, 5) is 0. The van der Waals surface area contributed by atoms with E-state index < -0.39 is 0 Å². The Kier molecular flexibility index (Phi) is 2.68. The molecule has 9 heavy (non-hydrogen) atoms. The van der Waals surface area contributed by atoms with Crippen LogP contribution < -0.4 is 0 Å². The molecule has 0 bridgehead atoms. The van der Waals surface area contributed by atoms with Gasteiger partial charge in [-0.1, -0.05) is 13.8 Å². The maximum atomic E-state index is 2.30. The molecule has 0 aromatic rings. The van der Waals surface area contributed by atoms with Gasteiger partial charge in [-0.2, -0.15) is 0 Å². The van der Waals surface area contributed by atoms with Crippen molar-refractivity contribution in [3.8, 4) is 0 Å². The van der Waals surface area contributed by atoms with Crippen LogP contribution in [0.15, 0.2) is 0 Å². The highest BCUT2D eigenvalue weighted by Gasteiger charge is 2.20. The van der Waals surface area contributed by atoms with Gasteiger partial charge >= 0.3 is 0 Å².